The normalized spacial score (nSPS) is 28.1. The van der Waals surface area contributed by atoms with Crippen molar-refractivity contribution in [1.82, 2.24) is 5.32 Å². The predicted molar refractivity (Wildman–Crippen MR) is 76.8 cm³/mol. The number of carboxylic acid groups (broad SMARTS) is 1. The third-order valence-electron chi connectivity index (χ3n) is 4.53. The molecule has 0 aromatic heterocycles. The molecule has 1 aromatic rings. The highest BCUT2D eigenvalue weighted by Crippen LogP contribution is 2.69. The number of hydrogen-bond donors (Lipinski definition) is 2. The Morgan fingerprint density at radius 3 is 2.32 bits per heavy atom. The highest BCUT2D eigenvalue weighted by atomic mass is 16.5. The molecule has 6 nitrogen and oxygen atoms in total. The lowest BCUT2D eigenvalue weighted by molar-refractivity contribution is -0.136. The van der Waals surface area contributed by atoms with Gasteiger partial charge in [-0.3, -0.25) is 9.59 Å². The van der Waals surface area contributed by atoms with Gasteiger partial charge in [-0.05, 0) is 25.3 Å². The molecule has 1 aromatic carbocycles. The summed E-state index contributed by atoms with van der Waals surface area (Å²) in [5, 5.41) is 12.2. The van der Waals surface area contributed by atoms with Crippen molar-refractivity contribution in [3.05, 3.63) is 29.3 Å². The largest absolute Gasteiger partial charge is 0.478 e. The molecule has 4 rings (SSSR count). The number of carboxylic acids is 1. The summed E-state index contributed by atoms with van der Waals surface area (Å²) in [5.74, 6) is -1.59. The van der Waals surface area contributed by atoms with E-state index in [4.69, 9.17) is 4.74 Å². The van der Waals surface area contributed by atoms with Crippen LogP contribution in [0.15, 0.2) is 18.2 Å². The van der Waals surface area contributed by atoms with E-state index in [2.05, 4.69) is 5.32 Å². The number of carbonyl (C=O) groups is 3. The monoisotopic (exact) mass is 303 g/mol. The first kappa shape index (κ1) is 14.6. The van der Waals surface area contributed by atoms with E-state index in [9.17, 15) is 19.5 Å². The van der Waals surface area contributed by atoms with Crippen molar-refractivity contribution in [1.29, 1.82) is 0 Å². The molecule has 1 amide bonds. The Bertz CT molecular complexity index is 674. The van der Waals surface area contributed by atoms with Crippen molar-refractivity contribution in [2.75, 3.05) is 0 Å². The minimum atomic E-state index is -1.12. The van der Waals surface area contributed by atoms with Crippen molar-refractivity contribution in [2.24, 2.45) is 0 Å². The number of rotatable bonds is 4. The first-order chi connectivity index (χ1) is 10.3. The summed E-state index contributed by atoms with van der Waals surface area (Å²) < 4.78 is 5.19. The summed E-state index contributed by atoms with van der Waals surface area (Å²) in [5.41, 5.74) is 0.373. The van der Waals surface area contributed by atoms with Crippen LogP contribution in [0.25, 0.3) is 0 Å². The van der Waals surface area contributed by atoms with Gasteiger partial charge in [-0.2, -0.15) is 0 Å². The molecule has 0 atom stereocenters. The molecular weight excluding hydrogens is 286 g/mol. The van der Waals surface area contributed by atoms with Crippen LogP contribution in [-0.4, -0.2) is 28.5 Å². The third-order valence-corrected chi connectivity index (χ3v) is 4.53. The minimum absolute atomic E-state index is 0.00833. The fourth-order valence-electron chi connectivity index (χ4n) is 3.96. The number of hydrogen-bond acceptors (Lipinski definition) is 4. The number of esters is 1. The SMILES string of the molecule is CC(=O)NC12CC(c3cccc(C(=O)O)c3OC(C)=O)(C1)C2. The number of carbonyl (C=O) groups excluding carboxylic acids is 2. The zero-order valence-electron chi connectivity index (χ0n) is 12.4. The van der Waals surface area contributed by atoms with E-state index in [1.165, 1.54) is 19.9 Å². The minimum Gasteiger partial charge on any atom is -0.478 e. The number of nitrogens with one attached hydrogen (secondary N) is 1. The van der Waals surface area contributed by atoms with Gasteiger partial charge in [0.05, 0.1) is 0 Å². The maximum atomic E-state index is 11.4. The Labute approximate surface area is 127 Å². The van der Waals surface area contributed by atoms with Crippen molar-refractivity contribution in [2.45, 2.75) is 44.1 Å². The molecule has 0 aliphatic heterocycles. The number of para-hydroxylation sites is 1. The molecule has 116 valence electrons. The average molecular weight is 303 g/mol. The van der Waals surface area contributed by atoms with E-state index in [0.29, 0.717) is 0 Å². The lowest BCUT2D eigenvalue weighted by atomic mass is 9.37. The molecule has 2 bridgehead atoms. The maximum Gasteiger partial charge on any atom is 0.339 e. The van der Waals surface area contributed by atoms with E-state index in [-0.39, 0.29) is 28.2 Å². The van der Waals surface area contributed by atoms with Gasteiger partial charge in [0.2, 0.25) is 5.91 Å². The van der Waals surface area contributed by atoms with Crippen molar-refractivity contribution in [3.63, 3.8) is 0 Å². The van der Waals surface area contributed by atoms with Crippen LogP contribution in [0.4, 0.5) is 0 Å². The van der Waals surface area contributed by atoms with Gasteiger partial charge in [0.15, 0.2) is 0 Å². The second kappa shape index (κ2) is 4.56. The van der Waals surface area contributed by atoms with Gasteiger partial charge in [-0.25, -0.2) is 4.79 Å². The van der Waals surface area contributed by atoms with Crippen LogP contribution in [0.2, 0.25) is 0 Å². The van der Waals surface area contributed by atoms with Gasteiger partial charge in [0, 0.05) is 30.4 Å². The summed E-state index contributed by atoms with van der Waals surface area (Å²) in [4.78, 5) is 33.9. The Morgan fingerprint density at radius 2 is 1.82 bits per heavy atom. The molecule has 3 aliphatic carbocycles. The van der Waals surface area contributed by atoms with Crippen LogP contribution in [0.5, 0.6) is 5.75 Å². The Hall–Kier alpha value is -2.37. The molecule has 0 saturated heterocycles. The van der Waals surface area contributed by atoms with Crippen LogP contribution in [-0.2, 0) is 15.0 Å². The lowest BCUT2D eigenvalue weighted by Crippen LogP contribution is -2.76. The lowest BCUT2D eigenvalue weighted by Gasteiger charge is -2.71. The molecule has 6 heteroatoms. The highest BCUT2D eigenvalue weighted by molar-refractivity contribution is 5.93. The fourth-order valence-corrected chi connectivity index (χ4v) is 3.96. The molecular formula is C16H17NO5. The first-order valence-electron chi connectivity index (χ1n) is 7.11. The van der Waals surface area contributed by atoms with E-state index in [1.54, 1.807) is 6.07 Å². The molecule has 3 saturated carbocycles. The van der Waals surface area contributed by atoms with Gasteiger partial charge >= 0.3 is 11.9 Å². The Morgan fingerprint density at radius 1 is 1.18 bits per heavy atom. The van der Waals surface area contributed by atoms with Crippen LogP contribution in [0.1, 0.15) is 49.0 Å². The summed E-state index contributed by atoms with van der Waals surface area (Å²) in [6.45, 7) is 2.74. The molecule has 3 fully saturated rings. The van der Waals surface area contributed by atoms with E-state index < -0.39 is 11.9 Å². The van der Waals surface area contributed by atoms with E-state index in [0.717, 1.165) is 24.8 Å². The predicted octanol–water partition coefficient (Wildman–Crippen LogP) is 1.62. The van der Waals surface area contributed by atoms with Crippen LogP contribution >= 0.6 is 0 Å². The smallest absolute Gasteiger partial charge is 0.339 e. The molecule has 2 N–H and O–H groups in total. The number of benzene rings is 1. The Balaban J connectivity index is 1.93. The van der Waals surface area contributed by atoms with Crippen LogP contribution in [0.3, 0.4) is 0 Å². The second-order valence-electron chi connectivity index (χ2n) is 6.35. The summed E-state index contributed by atoms with van der Waals surface area (Å²) >= 11 is 0. The number of aromatic carboxylic acids is 1. The van der Waals surface area contributed by atoms with Crippen molar-refractivity contribution >= 4 is 17.8 Å². The molecule has 0 heterocycles. The van der Waals surface area contributed by atoms with Gasteiger partial charge in [-0.15, -0.1) is 0 Å². The van der Waals surface area contributed by atoms with Crippen molar-refractivity contribution in [3.8, 4) is 5.75 Å². The topological polar surface area (TPSA) is 92.7 Å². The average Bonchev–Trinajstić information content (AvgIpc) is 2.31. The van der Waals surface area contributed by atoms with Gasteiger partial charge < -0.3 is 15.2 Å². The molecule has 0 radical (unpaired) electrons. The molecule has 22 heavy (non-hydrogen) atoms. The zero-order chi connectivity index (χ0) is 16.1. The molecule has 3 aliphatic rings. The van der Waals surface area contributed by atoms with Crippen LogP contribution in [0, 0.1) is 0 Å². The van der Waals surface area contributed by atoms with Gasteiger partial charge in [0.1, 0.15) is 11.3 Å². The van der Waals surface area contributed by atoms with E-state index in [1.807, 2.05) is 6.07 Å². The van der Waals surface area contributed by atoms with Gasteiger partial charge in [-0.1, -0.05) is 12.1 Å². The third kappa shape index (κ3) is 2.06. The van der Waals surface area contributed by atoms with Crippen molar-refractivity contribution < 1.29 is 24.2 Å². The van der Waals surface area contributed by atoms with Crippen LogP contribution < -0.4 is 10.1 Å². The second-order valence-corrected chi connectivity index (χ2v) is 6.35. The molecule has 0 spiro atoms. The standard InChI is InChI=1S/C16H17NO5/c1-9(18)17-16-6-15(7-16,8-16)12-5-3-4-11(14(20)21)13(12)22-10(2)19/h3-5H,6-8H2,1-2H3,(H,17,18)(H,20,21). The van der Waals surface area contributed by atoms with Gasteiger partial charge in [0.25, 0.3) is 0 Å². The van der Waals surface area contributed by atoms with E-state index >= 15 is 0 Å². The quantitative estimate of drug-likeness (QED) is 0.651. The first-order valence-corrected chi connectivity index (χ1v) is 7.11. The highest BCUT2D eigenvalue weighted by Gasteiger charge is 2.69. The summed E-state index contributed by atoms with van der Waals surface area (Å²) in [6.07, 6.45) is 2.24. The fraction of sp³-hybridized carbons (Fsp3) is 0.438. The summed E-state index contributed by atoms with van der Waals surface area (Å²) in [6, 6.07) is 4.90. The molecule has 0 unspecified atom stereocenters. The maximum absolute atomic E-state index is 11.4. The number of ether oxygens (including phenoxy) is 1. The number of amides is 1. The Kier molecular flexibility index (Phi) is 3.02. The summed E-state index contributed by atoms with van der Waals surface area (Å²) in [7, 11) is 0. The zero-order valence-corrected chi connectivity index (χ0v) is 12.4.